The summed E-state index contributed by atoms with van der Waals surface area (Å²) in [6.45, 7) is 9.50. The summed E-state index contributed by atoms with van der Waals surface area (Å²) in [7, 11) is 0. The second kappa shape index (κ2) is 6.19. The van der Waals surface area contributed by atoms with E-state index in [9.17, 15) is 9.90 Å². The summed E-state index contributed by atoms with van der Waals surface area (Å²) in [6, 6.07) is 0. The van der Waals surface area contributed by atoms with Crippen molar-refractivity contribution in [1.29, 1.82) is 0 Å². The SMILES string of the molecule is CCC[C@H](O)[C@H](C)c1oc(CC)c(C)c(=O)c1C. The van der Waals surface area contributed by atoms with Crippen LogP contribution >= 0.6 is 0 Å². The first-order valence-electron chi connectivity index (χ1n) is 6.75. The summed E-state index contributed by atoms with van der Waals surface area (Å²) < 4.78 is 5.84. The fraction of sp³-hybridized carbons (Fsp3) is 0.667. The Bertz CT molecular complexity index is 460. The largest absolute Gasteiger partial charge is 0.465 e. The van der Waals surface area contributed by atoms with Gasteiger partial charge in [0.1, 0.15) is 11.5 Å². The lowest BCUT2D eigenvalue weighted by atomic mass is 9.94. The number of rotatable bonds is 5. The third kappa shape index (κ3) is 2.83. The second-order valence-electron chi connectivity index (χ2n) is 4.97. The van der Waals surface area contributed by atoms with Crippen molar-refractivity contribution in [1.82, 2.24) is 0 Å². The third-order valence-corrected chi connectivity index (χ3v) is 3.60. The maximum absolute atomic E-state index is 12.1. The van der Waals surface area contributed by atoms with Gasteiger partial charge in [-0.15, -0.1) is 0 Å². The molecule has 1 rings (SSSR count). The minimum absolute atomic E-state index is 0.0450. The van der Waals surface area contributed by atoms with Gasteiger partial charge >= 0.3 is 0 Å². The molecular weight excluding hydrogens is 228 g/mol. The van der Waals surface area contributed by atoms with E-state index in [0.717, 1.165) is 18.6 Å². The molecule has 2 atom stereocenters. The molecule has 1 aromatic heterocycles. The van der Waals surface area contributed by atoms with Crippen LogP contribution in [0.5, 0.6) is 0 Å². The molecule has 0 radical (unpaired) electrons. The Labute approximate surface area is 109 Å². The Morgan fingerprint density at radius 3 is 2.33 bits per heavy atom. The molecule has 18 heavy (non-hydrogen) atoms. The van der Waals surface area contributed by atoms with E-state index >= 15 is 0 Å². The molecule has 0 saturated heterocycles. The maximum atomic E-state index is 12.1. The van der Waals surface area contributed by atoms with Gasteiger partial charge in [0.15, 0.2) is 5.43 Å². The van der Waals surface area contributed by atoms with E-state index in [1.54, 1.807) is 13.8 Å². The van der Waals surface area contributed by atoms with Crippen LogP contribution < -0.4 is 5.43 Å². The molecule has 1 N–H and O–H groups in total. The van der Waals surface area contributed by atoms with Crippen molar-refractivity contribution in [3.63, 3.8) is 0 Å². The molecule has 102 valence electrons. The molecule has 3 heteroatoms. The Balaban J connectivity index is 3.24. The van der Waals surface area contributed by atoms with Crippen molar-refractivity contribution < 1.29 is 9.52 Å². The Morgan fingerprint density at radius 1 is 1.22 bits per heavy atom. The van der Waals surface area contributed by atoms with E-state index in [1.807, 2.05) is 20.8 Å². The van der Waals surface area contributed by atoms with Gasteiger partial charge in [-0.3, -0.25) is 4.79 Å². The Kier molecular flexibility index (Phi) is 5.15. The second-order valence-corrected chi connectivity index (χ2v) is 4.97. The smallest absolute Gasteiger partial charge is 0.191 e. The predicted octanol–water partition coefficient (Wildman–Crippen LogP) is 3.08. The van der Waals surface area contributed by atoms with Gasteiger partial charge in [0, 0.05) is 23.5 Å². The van der Waals surface area contributed by atoms with E-state index < -0.39 is 6.10 Å². The van der Waals surface area contributed by atoms with Gasteiger partial charge < -0.3 is 9.52 Å². The number of hydrogen-bond donors (Lipinski definition) is 1. The number of aryl methyl sites for hydroxylation is 1. The Hall–Kier alpha value is -1.09. The molecule has 1 heterocycles. The van der Waals surface area contributed by atoms with Crippen LogP contribution in [-0.2, 0) is 6.42 Å². The topological polar surface area (TPSA) is 50.4 Å². The molecule has 0 bridgehead atoms. The summed E-state index contributed by atoms with van der Waals surface area (Å²) in [4.78, 5) is 12.1. The molecule has 0 amide bonds. The van der Waals surface area contributed by atoms with Crippen LogP contribution in [0.15, 0.2) is 9.21 Å². The van der Waals surface area contributed by atoms with Gasteiger partial charge in [0.25, 0.3) is 0 Å². The van der Waals surface area contributed by atoms with Crippen molar-refractivity contribution in [3.8, 4) is 0 Å². The predicted molar refractivity (Wildman–Crippen MR) is 73.2 cm³/mol. The van der Waals surface area contributed by atoms with Crippen LogP contribution in [0, 0.1) is 13.8 Å². The normalized spacial score (nSPS) is 14.6. The van der Waals surface area contributed by atoms with Crippen molar-refractivity contribution in [2.75, 3.05) is 0 Å². The average molecular weight is 252 g/mol. The van der Waals surface area contributed by atoms with Gasteiger partial charge in [0.05, 0.1) is 6.10 Å². The quantitative estimate of drug-likeness (QED) is 0.876. The van der Waals surface area contributed by atoms with Gasteiger partial charge in [-0.1, -0.05) is 27.2 Å². The minimum Gasteiger partial charge on any atom is -0.465 e. The third-order valence-electron chi connectivity index (χ3n) is 3.60. The van der Waals surface area contributed by atoms with Crippen molar-refractivity contribution in [2.24, 2.45) is 0 Å². The lowest BCUT2D eigenvalue weighted by Crippen LogP contribution is -2.21. The molecular formula is C15H24O3. The molecule has 3 nitrogen and oxygen atoms in total. The van der Waals surface area contributed by atoms with Crippen molar-refractivity contribution in [3.05, 3.63) is 32.9 Å². The zero-order valence-corrected chi connectivity index (χ0v) is 12.0. The van der Waals surface area contributed by atoms with Crippen molar-refractivity contribution in [2.45, 2.75) is 65.9 Å². The fourth-order valence-electron chi connectivity index (χ4n) is 2.30. The van der Waals surface area contributed by atoms with Crippen LogP contribution in [0.25, 0.3) is 0 Å². The molecule has 0 aliphatic rings. The molecule has 0 spiro atoms. The summed E-state index contributed by atoms with van der Waals surface area (Å²) in [6.07, 6.45) is 1.88. The van der Waals surface area contributed by atoms with Gasteiger partial charge in [-0.2, -0.15) is 0 Å². The first-order chi connectivity index (χ1) is 8.43. The highest BCUT2D eigenvalue weighted by Gasteiger charge is 2.23. The van der Waals surface area contributed by atoms with Gasteiger partial charge in [-0.05, 0) is 20.3 Å². The van der Waals surface area contributed by atoms with Crippen LogP contribution in [0.2, 0.25) is 0 Å². The molecule has 1 aromatic rings. The maximum Gasteiger partial charge on any atom is 0.191 e. The fourth-order valence-corrected chi connectivity index (χ4v) is 2.30. The standard InChI is InChI=1S/C15H24O3/c1-6-8-12(16)9(3)15-11(5)14(17)10(4)13(7-2)18-15/h9,12,16H,6-8H2,1-5H3/t9-,12-/m0/s1. The summed E-state index contributed by atoms with van der Waals surface area (Å²) in [5.74, 6) is 1.24. The molecule has 0 unspecified atom stereocenters. The minimum atomic E-state index is -0.454. The van der Waals surface area contributed by atoms with E-state index in [0.29, 0.717) is 23.3 Å². The molecule has 0 aromatic carbocycles. The Morgan fingerprint density at radius 2 is 1.83 bits per heavy atom. The number of aliphatic hydroxyl groups excluding tert-OH is 1. The first kappa shape index (κ1) is 15.0. The van der Waals surface area contributed by atoms with Crippen LogP contribution in [-0.4, -0.2) is 11.2 Å². The highest BCUT2D eigenvalue weighted by Crippen LogP contribution is 2.25. The first-order valence-corrected chi connectivity index (χ1v) is 6.75. The number of aliphatic hydroxyl groups is 1. The monoisotopic (exact) mass is 252 g/mol. The zero-order valence-electron chi connectivity index (χ0n) is 12.0. The van der Waals surface area contributed by atoms with Crippen LogP contribution in [0.1, 0.15) is 62.2 Å². The summed E-state index contributed by atoms with van der Waals surface area (Å²) in [5.41, 5.74) is 1.37. The summed E-state index contributed by atoms with van der Waals surface area (Å²) in [5, 5.41) is 10.1. The van der Waals surface area contributed by atoms with Gasteiger partial charge in [0.2, 0.25) is 0 Å². The van der Waals surface area contributed by atoms with E-state index in [4.69, 9.17) is 4.42 Å². The van der Waals surface area contributed by atoms with Crippen molar-refractivity contribution >= 4 is 0 Å². The highest BCUT2D eigenvalue weighted by molar-refractivity contribution is 5.28. The van der Waals surface area contributed by atoms with E-state index in [2.05, 4.69) is 0 Å². The number of hydrogen-bond acceptors (Lipinski definition) is 3. The van der Waals surface area contributed by atoms with Crippen LogP contribution in [0.3, 0.4) is 0 Å². The lowest BCUT2D eigenvalue weighted by molar-refractivity contribution is 0.127. The molecule has 0 fully saturated rings. The van der Waals surface area contributed by atoms with Crippen LogP contribution in [0.4, 0.5) is 0 Å². The average Bonchev–Trinajstić information content (AvgIpc) is 2.36. The lowest BCUT2D eigenvalue weighted by Gasteiger charge is -2.20. The van der Waals surface area contributed by atoms with E-state index in [1.165, 1.54) is 0 Å². The van der Waals surface area contributed by atoms with Gasteiger partial charge in [-0.25, -0.2) is 0 Å². The van der Waals surface area contributed by atoms with E-state index in [-0.39, 0.29) is 11.3 Å². The highest BCUT2D eigenvalue weighted by atomic mass is 16.3. The molecule has 0 saturated carbocycles. The molecule has 0 aliphatic carbocycles. The summed E-state index contributed by atoms with van der Waals surface area (Å²) >= 11 is 0. The zero-order chi connectivity index (χ0) is 13.9. The molecule has 0 aliphatic heterocycles.